The summed E-state index contributed by atoms with van der Waals surface area (Å²) in [4.78, 5) is 21.2. The molecule has 2 aromatic carbocycles. The fraction of sp³-hybridized carbons (Fsp3) is 0.286. The predicted molar refractivity (Wildman–Crippen MR) is 128 cm³/mol. The molecule has 1 fully saturated rings. The number of anilines is 3. The monoisotopic (exact) mass is 510 g/mol. The molecule has 12 heteroatoms. The molecule has 0 aliphatic carbocycles. The van der Waals surface area contributed by atoms with Gasteiger partial charge < -0.3 is 24.5 Å². The summed E-state index contributed by atoms with van der Waals surface area (Å²) < 4.78 is 42.9. The Morgan fingerprint density at radius 2 is 2.12 bits per heavy atom. The summed E-state index contributed by atoms with van der Waals surface area (Å²) in [6, 6.07) is 7.57. The van der Waals surface area contributed by atoms with Gasteiger partial charge >= 0.3 is 0 Å². The fourth-order valence-electron chi connectivity index (χ4n) is 3.40. The number of fused-ring (bicyclic) bond motifs is 1. The van der Waals surface area contributed by atoms with Crippen LogP contribution < -0.4 is 15.4 Å². The topological polar surface area (TPSA) is 122 Å². The molecule has 8 nitrogen and oxygen atoms in total. The molecule has 1 aromatic heterocycles. The highest BCUT2D eigenvalue weighted by molar-refractivity contribution is 8.67. The Bertz CT molecular complexity index is 1190. The van der Waals surface area contributed by atoms with E-state index in [1.54, 1.807) is 12.1 Å². The van der Waals surface area contributed by atoms with Crippen LogP contribution in [-0.4, -0.2) is 42.6 Å². The van der Waals surface area contributed by atoms with Crippen LogP contribution in [0, 0.1) is 5.82 Å². The maximum atomic E-state index is 13.5. The van der Waals surface area contributed by atoms with Crippen molar-refractivity contribution in [3.63, 3.8) is 0 Å². The molecule has 0 spiro atoms. The zero-order chi connectivity index (χ0) is 23.5. The van der Waals surface area contributed by atoms with Crippen LogP contribution in [0.5, 0.6) is 5.75 Å². The number of amides is 1. The van der Waals surface area contributed by atoms with Crippen molar-refractivity contribution >= 4 is 66.0 Å². The second kappa shape index (κ2) is 10.3. The number of nitrogens with one attached hydrogen (secondary N) is 2. The zero-order valence-electron chi connectivity index (χ0n) is 17.5. The highest BCUT2D eigenvalue weighted by Gasteiger charge is 2.44. The third-order valence-corrected chi connectivity index (χ3v) is 9.56. The Balaban J connectivity index is 1.63. The van der Waals surface area contributed by atoms with Crippen molar-refractivity contribution in [2.45, 2.75) is 25.0 Å². The average Bonchev–Trinajstić information content (AvgIpc) is 3.09. The molecule has 0 saturated carbocycles. The minimum atomic E-state index is -1.53. The minimum absolute atomic E-state index is 0.00751. The largest absolute Gasteiger partial charge is 0.571 e. The summed E-state index contributed by atoms with van der Waals surface area (Å²) >= 11 is 5.87. The summed E-state index contributed by atoms with van der Waals surface area (Å²) in [5.41, 5.74) is 1.49. The third-order valence-electron chi connectivity index (χ3n) is 4.97. The number of ether oxygens (including phenoxy) is 1. The number of rotatable bonds is 7. The molecule has 0 radical (unpaired) electrons. The van der Waals surface area contributed by atoms with Gasteiger partial charge in [0, 0.05) is 17.1 Å². The second-order valence-electron chi connectivity index (χ2n) is 7.21. The summed E-state index contributed by atoms with van der Waals surface area (Å²) in [5.74, 6) is 0.291. The van der Waals surface area contributed by atoms with Gasteiger partial charge in [0.05, 0.1) is 35.7 Å². The Morgan fingerprint density at radius 1 is 1.30 bits per heavy atom. The van der Waals surface area contributed by atoms with E-state index in [0.717, 1.165) is 0 Å². The lowest BCUT2D eigenvalue weighted by Crippen LogP contribution is -2.25. The lowest BCUT2D eigenvalue weighted by Gasteiger charge is -2.15. The van der Waals surface area contributed by atoms with Gasteiger partial charge in [0.15, 0.2) is 31.4 Å². The van der Waals surface area contributed by atoms with E-state index >= 15 is 0 Å². The molecule has 4 rings (SSSR count). The summed E-state index contributed by atoms with van der Waals surface area (Å²) in [7, 11) is -2.93. The molecule has 2 N–H and O–H groups in total. The average molecular weight is 511 g/mol. The van der Waals surface area contributed by atoms with Crippen molar-refractivity contribution in [3.8, 4) is 5.75 Å². The number of benzene rings is 2. The van der Waals surface area contributed by atoms with Gasteiger partial charge in [0.1, 0.15) is 23.7 Å². The van der Waals surface area contributed by atoms with Crippen LogP contribution in [0.2, 0.25) is 5.02 Å². The van der Waals surface area contributed by atoms with Crippen LogP contribution in [0.25, 0.3) is 10.9 Å². The number of carbonyl (C=O) groups excluding carboxylic acids is 1. The number of halogens is 2. The van der Waals surface area contributed by atoms with Crippen molar-refractivity contribution in [2.75, 3.05) is 23.0 Å². The SMILES string of the molecule is CCOc1cc2ncnc(Nc3ccc(F)c(Cl)c3)c2cc1NC(=O)CC1CC[S+]([O-])[S+]1[O-]. The van der Waals surface area contributed by atoms with Crippen LogP contribution >= 0.6 is 11.6 Å². The lowest BCUT2D eigenvalue weighted by molar-refractivity contribution is -0.116. The van der Waals surface area contributed by atoms with Gasteiger partial charge in [-0.05, 0) is 31.2 Å². The van der Waals surface area contributed by atoms with E-state index in [2.05, 4.69) is 20.6 Å². The molecule has 174 valence electrons. The van der Waals surface area contributed by atoms with Gasteiger partial charge in [0.25, 0.3) is 0 Å². The van der Waals surface area contributed by atoms with E-state index in [1.165, 1.54) is 24.5 Å². The molecular formula is C21H20ClFN4O4S2. The van der Waals surface area contributed by atoms with E-state index in [-0.39, 0.29) is 17.4 Å². The maximum Gasteiger partial charge on any atom is 0.229 e. The molecule has 3 atom stereocenters. The van der Waals surface area contributed by atoms with Crippen molar-refractivity contribution in [1.29, 1.82) is 0 Å². The number of nitrogens with zero attached hydrogens (tertiary/aromatic N) is 2. The predicted octanol–water partition coefficient (Wildman–Crippen LogP) is 4.08. The third kappa shape index (κ3) is 5.44. The normalized spacial score (nSPS) is 20.1. The van der Waals surface area contributed by atoms with Crippen LogP contribution in [0.3, 0.4) is 0 Å². The zero-order valence-corrected chi connectivity index (χ0v) is 19.9. The molecule has 1 aliphatic rings. The maximum absolute atomic E-state index is 13.5. The summed E-state index contributed by atoms with van der Waals surface area (Å²) in [6.45, 7) is 2.18. The first-order valence-electron chi connectivity index (χ1n) is 10.1. The number of carbonyl (C=O) groups is 1. The van der Waals surface area contributed by atoms with Crippen LogP contribution in [0.1, 0.15) is 19.8 Å². The molecule has 1 aliphatic heterocycles. The number of hydrogen-bond acceptors (Lipinski definition) is 7. The molecule has 1 saturated heterocycles. The van der Waals surface area contributed by atoms with Crippen molar-refractivity contribution in [2.24, 2.45) is 0 Å². The molecule has 3 aromatic rings. The molecule has 3 unspecified atom stereocenters. The van der Waals surface area contributed by atoms with E-state index in [0.29, 0.717) is 52.6 Å². The minimum Gasteiger partial charge on any atom is -0.571 e. The Kier molecular flexibility index (Phi) is 7.45. The van der Waals surface area contributed by atoms with Gasteiger partial charge in [-0.3, -0.25) is 4.79 Å². The highest BCUT2D eigenvalue weighted by Crippen LogP contribution is 2.34. The van der Waals surface area contributed by atoms with Crippen LogP contribution in [-0.2, 0) is 25.2 Å². The van der Waals surface area contributed by atoms with E-state index < -0.39 is 31.5 Å². The molecule has 2 heterocycles. The first-order chi connectivity index (χ1) is 15.9. The van der Waals surface area contributed by atoms with E-state index in [9.17, 15) is 18.3 Å². The molecular weight excluding hydrogens is 491 g/mol. The molecule has 1 amide bonds. The standard InChI is InChI=1S/C21H20ClFN4O4S2/c1-2-31-19-10-17-14(9-18(19)27-20(28)8-13-5-6-32(29)33(13)30)21(25-11-24-17)26-12-3-4-16(23)15(22)7-12/h3-4,7,9-11,13H,2,5-6,8H2,1H3,(H,27,28)(H,24,25,26). The van der Waals surface area contributed by atoms with Gasteiger partial charge in [0.2, 0.25) is 5.91 Å². The Labute approximate surface area is 200 Å². The quantitative estimate of drug-likeness (QED) is 0.362. The Morgan fingerprint density at radius 3 is 2.82 bits per heavy atom. The van der Waals surface area contributed by atoms with Crippen LogP contribution in [0.4, 0.5) is 21.6 Å². The van der Waals surface area contributed by atoms with Crippen molar-refractivity contribution in [3.05, 3.63) is 47.5 Å². The van der Waals surface area contributed by atoms with Crippen molar-refractivity contribution in [1.82, 2.24) is 9.97 Å². The number of hydrogen-bond donors (Lipinski definition) is 2. The van der Waals surface area contributed by atoms with Crippen LogP contribution in [0.15, 0.2) is 36.7 Å². The second-order valence-corrected chi connectivity index (χ2v) is 11.9. The Hall–Kier alpha value is -2.31. The first-order valence-corrected chi connectivity index (χ1v) is 13.5. The molecule has 33 heavy (non-hydrogen) atoms. The summed E-state index contributed by atoms with van der Waals surface area (Å²) in [6.07, 6.45) is 1.84. The van der Waals surface area contributed by atoms with Gasteiger partial charge in [-0.1, -0.05) is 11.6 Å². The highest BCUT2D eigenvalue weighted by atomic mass is 35.5. The smallest absolute Gasteiger partial charge is 0.229 e. The van der Waals surface area contributed by atoms with Gasteiger partial charge in [-0.25, -0.2) is 14.4 Å². The lowest BCUT2D eigenvalue weighted by atomic mass is 10.1. The van der Waals surface area contributed by atoms with E-state index in [4.69, 9.17) is 16.3 Å². The first kappa shape index (κ1) is 23.8. The van der Waals surface area contributed by atoms with Gasteiger partial charge in [-0.2, -0.15) is 0 Å². The van der Waals surface area contributed by atoms with Crippen molar-refractivity contribution < 1.29 is 23.0 Å². The number of aromatic nitrogens is 2. The van der Waals surface area contributed by atoms with E-state index in [1.807, 2.05) is 6.92 Å². The molecule has 0 bridgehead atoms. The summed E-state index contributed by atoms with van der Waals surface area (Å²) in [5, 5.41) is 6.01. The van der Waals surface area contributed by atoms with Gasteiger partial charge in [-0.15, -0.1) is 0 Å². The fourth-order valence-corrected chi connectivity index (χ4v) is 7.46.